The molecule has 0 heterocycles. The molecule has 0 saturated carbocycles. The van der Waals surface area contributed by atoms with Gasteiger partial charge < -0.3 is 10.8 Å². The fraction of sp³-hybridized carbons (Fsp3) is 0. The van der Waals surface area contributed by atoms with Gasteiger partial charge in [0, 0.05) is 5.39 Å². The molecule has 0 aliphatic rings. The van der Waals surface area contributed by atoms with Crippen molar-refractivity contribution in [2.24, 2.45) is 0 Å². The molecule has 0 amide bonds. The van der Waals surface area contributed by atoms with E-state index in [1.807, 2.05) is 0 Å². The fourth-order valence-electron chi connectivity index (χ4n) is 1.73. The third-order valence-corrected chi connectivity index (χ3v) is 4.38. The molecule has 0 fully saturated rings. The summed E-state index contributed by atoms with van der Waals surface area (Å²) in [7, 11) is -9.22. The van der Waals surface area contributed by atoms with E-state index >= 15 is 0 Å². The first-order valence-corrected chi connectivity index (χ1v) is 7.90. The van der Waals surface area contributed by atoms with Crippen LogP contribution in [0.1, 0.15) is 0 Å². The molecule has 0 aromatic heterocycles. The van der Waals surface area contributed by atoms with Crippen molar-refractivity contribution in [1.82, 2.24) is 0 Å². The summed E-state index contributed by atoms with van der Waals surface area (Å²) in [5.41, 5.74) is 5.20. The van der Waals surface area contributed by atoms with E-state index in [0.29, 0.717) is 0 Å². The smallest absolute Gasteiger partial charge is 0.298 e. The van der Waals surface area contributed by atoms with Crippen LogP contribution in [0.4, 0.5) is 5.69 Å². The quantitative estimate of drug-likeness (QED) is 0.356. The summed E-state index contributed by atoms with van der Waals surface area (Å²) in [5.74, 6) is -0.834. The number of anilines is 1. The second-order valence-electron chi connectivity index (χ2n) is 3.97. The molecule has 0 aliphatic carbocycles. The normalized spacial score (nSPS) is 12.7. The molecule has 108 valence electrons. The second-order valence-corrected chi connectivity index (χ2v) is 6.78. The van der Waals surface area contributed by atoms with Gasteiger partial charge in [0.15, 0.2) is 5.75 Å². The number of phenols is 1. The molecule has 5 N–H and O–H groups in total. The maximum atomic E-state index is 11.1. The molecule has 20 heavy (non-hydrogen) atoms. The van der Waals surface area contributed by atoms with Gasteiger partial charge in [0.05, 0.1) is 10.6 Å². The molecule has 0 atom stereocenters. The lowest BCUT2D eigenvalue weighted by Gasteiger charge is -2.09. The zero-order chi connectivity index (χ0) is 15.3. The Morgan fingerprint density at radius 2 is 1.55 bits per heavy atom. The van der Waals surface area contributed by atoms with Crippen LogP contribution < -0.4 is 5.73 Å². The largest absolute Gasteiger partial charge is 0.504 e. The van der Waals surface area contributed by atoms with Crippen LogP contribution in [-0.2, 0) is 20.2 Å². The predicted molar refractivity (Wildman–Crippen MR) is 69.7 cm³/mol. The van der Waals surface area contributed by atoms with Crippen molar-refractivity contribution in [3.8, 4) is 5.75 Å². The number of hydrogen-bond acceptors (Lipinski definition) is 6. The molecule has 0 bridgehead atoms. The van der Waals surface area contributed by atoms with Crippen LogP contribution in [0.3, 0.4) is 0 Å². The first-order valence-electron chi connectivity index (χ1n) is 5.02. The minimum Gasteiger partial charge on any atom is -0.504 e. The SMILES string of the molecule is Nc1c(O)c(S(=O)(=O)O)cc2cc(S(=O)(=O)O)ccc12. The molecule has 8 nitrogen and oxygen atoms in total. The number of nitrogens with two attached hydrogens (primary N) is 1. The van der Waals surface area contributed by atoms with Gasteiger partial charge in [-0.3, -0.25) is 9.11 Å². The number of benzene rings is 2. The van der Waals surface area contributed by atoms with Gasteiger partial charge in [-0.05, 0) is 23.6 Å². The van der Waals surface area contributed by atoms with Crippen molar-refractivity contribution >= 4 is 36.7 Å². The average molecular weight is 319 g/mol. The second kappa shape index (κ2) is 4.31. The Labute approximate surface area is 114 Å². The van der Waals surface area contributed by atoms with Crippen LogP contribution in [0.5, 0.6) is 5.75 Å². The minimum atomic E-state index is -4.74. The molecule has 0 spiro atoms. The van der Waals surface area contributed by atoms with Gasteiger partial charge in [-0.25, -0.2) is 0 Å². The Bertz CT molecular complexity index is 916. The monoisotopic (exact) mass is 319 g/mol. The predicted octanol–water partition coefficient (Wildman–Crippen LogP) is 0.621. The van der Waals surface area contributed by atoms with E-state index in [2.05, 4.69) is 0 Å². The Morgan fingerprint density at radius 1 is 0.950 bits per heavy atom. The summed E-state index contributed by atoms with van der Waals surface area (Å²) in [6.45, 7) is 0. The zero-order valence-corrected chi connectivity index (χ0v) is 11.3. The van der Waals surface area contributed by atoms with Crippen molar-refractivity contribution in [2.45, 2.75) is 9.79 Å². The average Bonchev–Trinajstić information content (AvgIpc) is 2.30. The summed E-state index contributed by atoms with van der Waals surface area (Å²) in [6.07, 6.45) is 0. The molecule has 2 aromatic rings. The van der Waals surface area contributed by atoms with Crippen LogP contribution in [0.2, 0.25) is 0 Å². The third-order valence-electron chi connectivity index (χ3n) is 2.66. The van der Waals surface area contributed by atoms with Gasteiger partial charge in [-0.2, -0.15) is 16.8 Å². The number of rotatable bonds is 2. The van der Waals surface area contributed by atoms with Gasteiger partial charge in [0.2, 0.25) is 0 Å². The summed E-state index contributed by atoms with van der Waals surface area (Å²) < 4.78 is 62.1. The highest BCUT2D eigenvalue weighted by molar-refractivity contribution is 7.86. The standard InChI is InChI=1S/C10H9NO7S2/c11-9-7-2-1-6(19(13,14)15)3-5(7)4-8(10(9)12)20(16,17)18/h1-4,12H,11H2,(H,13,14,15)(H,16,17,18). The van der Waals surface area contributed by atoms with E-state index in [-0.39, 0.29) is 16.5 Å². The molecule has 2 aromatic carbocycles. The Morgan fingerprint density at radius 3 is 2.05 bits per heavy atom. The molecule has 10 heteroatoms. The van der Waals surface area contributed by atoms with Gasteiger partial charge >= 0.3 is 0 Å². The van der Waals surface area contributed by atoms with Crippen molar-refractivity contribution in [3.63, 3.8) is 0 Å². The lowest BCUT2D eigenvalue weighted by molar-refractivity contribution is 0.446. The zero-order valence-electron chi connectivity index (χ0n) is 9.68. The van der Waals surface area contributed by atoms with Gasteiger partial charge in [0.25, 0.3) is 20.2 Å². The first kappa shape index (κ1) is 14.5. The van der Waals surface area contributed by atoms with E-state index < -0.39 is 35.8 Å². The molecular formula is C10H9NO7S2. The van der Waals surface area contributed by atoms with Crippen molar-refractivity contribution in [1.29, 1.82) is 0 Å². The topological polar surface area (TPSA) is 155 Å². The van der Waals surface area contributed by atoms with E-state index in [9.17, 15) is 21.9 Å². The third kappa shape index (κ3) is 2.41. The number of aromatic hydroxyl groups is 1. The van der Waals surface area contributed by atoms with E-state index in [0.717, 1.165) is 18.2 Å². The highest BCUT2D eigenvalue weighted by Crippen LogP contribution is 2.36. The van der Waals surface area contributed by atoms with Crippen molar-refractivity contribution < 1.29 is 31.0 Å². The molecule has 0 radical (unpaired) electrons. The number of fused-ring (bicyclic) bond motifs is 1. The Kier molecular flexibility index (Phi) is 3.13. The Hall–Kier alpha value is -1.88. The van der Waals surface area contributed by atoms with Crippen LogP contribution in [0, 0.1) is 0 Å². The van der Waals surface area contributed by atoms with Crippen molar-refractivity contribution in [3.05, 3.63) is 24.3 Å². The maximum absolute atomic E-state index is 11.1. The van der Waals surface area contributed by atoms with Gasteiger partial charge in [0.1, 0.15) is 4.90 Å². The molecular weight excluding hydrogens is 310 g/mol. The molecule has 2 rings (SSSR count). The minimum absolute atomic E-state index is 0.0167. The summed E-state index contributed by atoms with van der Waals surface area (Å²) in [6, 6.07) is 4.06. The lowest BCUT2D eigenvalue weighted by Crippen LogP contribution is -2.02. The van der Waals surface area contributed by atoms with Crippen LogP contribution in [-0.4, -0.2) is 31.0 Å². The van der Waals surface area contributed by atoms with Crippen LogP contribution >= 0.6 is 0 Å². The summed E-state index contributed by atoms with van der Waals surface area (Å²) >= 11 is 0. The highest BCUT2D eigenvalue weighted by Gasteiger charge is 2.21. The van der Waals surface area contributed by atoms with Crippen molar-refractivity contribution in [2.75, 3.05) is 5.73 Å². The number of phenolic OH excluding ortho intramolecular Hbond substituents is 1. The highest BCUT2D eigenvalue weighted by atomic mass is 32.2. The maximum Gasteiger partial charge on any atom is 0.298 e. The Balaban J connectivity index is 2.94. The number of hydrogen-bond donors (Lipinski definition) is 4. The molecule has 0 aliphatic heterocycles. The van der Waals surface area contributed by atoms with Crippen LogP contribution in [0.25, 0.3) is 10.8 Å². The summed E-state index contributed by atoms with van der Waals surface area (Å²) in [4.78, 5) is -1.33. The summed E-state index contributed by atoms with van der Waals surface area (Å²) in [5, 5.41) is 9.81. The molecule has 0 unspecified atom stereocenters. The van der Waals surface area contributed by atoms with Gasteiger partial charge in [-0.1, -0.05) is 6.07 Å². The van der Waals surface area contributed by atoms with E-state index in [4.69, 9.17) is 14.8 Å². The van der Waals surface area contributed by atoms with E-state index in [1.54, 1.807) is 0 Å². The lowest BCUT2D eigenvalue weighted by atomic mass is 10.1. The molecule has 0 saturated heterocycles. The number of nitrogen functional groups attached to an aromatic ring is 1. The van der Waals surface area contributed by atoms with E-state index in [1.165, 1.54) is 6.07 Å². The fourth-order valence-corrected chi connectivity index (χ4v) is 2.88. The van der Waals surface area contributed by atoms with Gasteiger partial charge in [-0.15, -0.1) is 0 Å². The van der Waals surface area contributed by atoms with Crippen LogP contribution in [0.15, 0.2) is 34.1 Å². The first-order chi connectivity index (χ1) is 9.01.